The molecule has 0 aliphatic heterocycles. The van der Waals surface area contributed by atoms with E-state index in [0.29, 0.717) is 15.8 Å². The molecule has 2 aromatic rings. The first kappa shape index (κ1) is 14.5. The number of hydrogen-bond acceptors (Lipinski definition) is 2. The van der Waals surface area contributed by atoms with Gasteiger partial charge in [-0.1, -0.05) is 12.1 Å². The molecule has 104 valence electrons. The SMILES string of the molecule is CC(C(=O)Nc1cc(F)ccc1Br)c1cccc(N)c1. The number of carbonyl (C=O) groups excluding carboxylic acids is 1. The molecule has 0 aliphatic rings. The molecule has 2 aromatic carbocycles. The summed E-state index contributed by atoms with van der Waals surface area (Å²) in [6.07, 6.45) is 0. The molecule has 1 unspecified atom stereocenters. The lowest BCUT2D eigenvalue weighted by molar-refractivity contribution is -0.117. The number of amides is 1. The van der Waals surface area contributed by atoms with Gasteiger partial charge in [0.2, 0.25) is 5.91 Å². The lowest BCUT2D eigenvalue weighted by atomic mass is 10.00. The molecule has 1 amide bonds. The molecule has 0 radical (unpaired) electrons. The fraction of sp³-hybridized carbons (Fsp3) is 0.133. The third-order valence-corrected chi connectivity index (χ3v) is 3.68. The van der Waals surface area contributed by atoms with E-state index in [1.807, 2.05) is 6.07 Å². The van der Waals surface area contributed by atoms with Gasteiger partial charge in [0.05, 0.1) is 11.6 Å². The van der Waals surface area contributed by atoms with Gasteiger partial charge >= 0.3 is 0 Å². The number of benzene rings is 2. The van der Waals surface area contributed by atoms with E-state index in [-0.39, 0.29) is 11.8 Å². The standard InChI is InChI=1S/C15H14BrFN2O/c1-9(10-3-2-4-12(18)7-10)15(20)19-14-8-11(17)5-6-13(14)16/h2-9H,18H2,1H3,(H,19,20). The second-order valence-electron chi connectivity index (χ2n) is 4.51. The van der Waals surface area contributed by atoms with Crippen molar-refractivity contribution < 1.29 is 9.18 Å². The van der Waals surface area contributed by atoms with Crippen LogP contribution in [0.15, 0.2) is 46.9 Å². The number of rotatable bonds is 3. The molecule has 0 aliphatic carbocycles. The molecule has 5 heteroatoms. The van der Waals surface area contributed by atoms with Gasteiger partial charge in [-0.25, -0.2) is 4.39 Å². The van der Waals surface area contributed by atoms with Crippen molar-refractivity contribution in [1.82, 2.24) is 0 Å². The van der Waals surface area contributed by atoms with E-state index in [4.69, 9.17) is 5.73 Å². The second kappa shape index (κ2) is 6.05. The van der Waals surface area contributed by atoms with Gasteiger partial charge < -0.3 is 11.1 Å². The normalized spacial score (nSPS) is 11.9. The van der Waals surface area contributed by atoms with Crippen LogP contribution in [0.4, 0.5) is 15.8 Å². The molecular weight excluding hydrogens is 323 g/mol. The summed E-state index contributed by atoms with van der Waals surface area (Å²) in [5.41, 5.74) is 7.53. The fourth-order valence-electron chi connectivity index (χ4n) is 1.81. The summed E-state index contributed by atoms with van der Waals surface area (Å²) in [4.78, 5) is 12.2. The molecule has 0 heterocycles. The molecule has 2 rings (SSSR count). The smallest absolute Gasteiger partial charge is 0.231 e. The highest BCUT2D eigenvalue weighted by molar-refractivity contribution is 9.10. The van der Waals surface area contributed by atoms with Gasteiger partial charge in [-0.3, -0.25) is 4.79 Å². The molecule has 3 N–H and O–H groups in total. The summed E-state index contributed by atoms with van der Waals surface area (Å²) in [5.74, 6) is -1.00. The fourth-order valence-corrected chi connectivity index (χ4v) is 2.16. The van der Waals surface area contributed by atoms with Crippen LogP contribution in [0.2, 0.25) is 0 Å². The van der Waals surface area contributed by atoms with Gasteiger partial charge in [-0.15, -0.1) is 0 Å². The van der Waals surface area contributed by atoms with Crippen LogP contribution >= 0.6 is 15.9 Å². The van der Waals surface area contributed by atoms with E-state index >= 15 is 0 Å². The molecule has 0 saturated heterocycles. The molecule has 0 saturated carbocycles. The number of nitrogens with two attached hydrogens (primary N) is 1. The van der Waals surface area contributed by atoms with E-state index in [1.54, 1.807) is 31.2 Å². The minimum atomic E-state index is -0.403. The van der Waals surface area contributed by atoms with Crippen LogP contribution in [0, 0.1) is 5.82 Å². The molecule has 20 heavy (non-hydrogen) atoms. The number of carbonyl (C=O) groups is 1. The maximum atomic E-state index is 13.2. The average Bonchev–Trinajstić information content (AvgIpc) is 2.42. The average molecular weight is 337 g/mol. The zero-order chi connectivity index (χ0) is 14.7. The van der Waals surface area contributed by atoms with Gasteiger partial charge in [0.1, 0.15) is 5.82 Å². The number of hydrogen-bond donors (Lipinski definition) is 2. The van der Waals surface area contributed by atoms with E-state index in [1.165, 1.54) is 12.1 Å². The Kier molecular flexibility index (Phi) is 4.39. The zero-order valence-corrected chi connectivity index (χ0v) is 12.4. The van der Waals surface area contributed by atoms with Crippen LogP contribution in [0.5, 0.6) is 0 Å². The Hall–Kier alpha value is -1.88. The van der Waals surface area contributed by atoms with Crippen molar-refractivity contribution in [2.24, 2.45) is 0 Å². The largest absolute Gasteiger partial charge is 0.399 e. The van der Waals surface area contributed by atoms with E-state index in [9.17, 15) is 9.18 Å². The summed E-state index contributed by atoms with van der Waals surface area (Å²) in [6, 6.07) is 11.3. The lowest BCUT2D eigenvalue weighted by Gasteiger charge is -2.14. The summed E-state index contributed by atoms with van der Waals surface area (Å²) in [6.45, 7) is 1.78. The molecule has 0 bridgehead atoms. The van der Waals surface area contributed by atoms with Gasteiger partial charge in [-0.05, 0) is 58.7 Å². The maximum Gasteiger partial charge on any atom is 0.231 e. The highest BCUT2D eigenvalue weighted by Gasteiger charge is 2.16. The van der Waals surface area contributed by atoms with Crippen molar-refractivity contribution in [3.05, 3.63) is 58.3 Å². The Morgan fingerprint density at radius 3 is 2.75 bits per heavy atom. The molecule has 0 aromatic heterocycles. The summed E-state index contributed by atoms with van der Waals surface area (Å²) in [5, 5.41) is 2.70. The quantitative estimate of drug-likeness (QED) is 0.835. The molecule has 1 atom stereocenters. The van der Waals surface area contributed by atoms with E-state index in [2.05, 4.69) is 21.2 Å². The Balaban J connectivity index is 2.17. The minimum Gasteiger partial charge on any atom is -0.399 e. The molecule has 0 spiro atoms. The van der Waals surface area contributed by atoms with Gasteiger partial charge in [0.15, 0.2) is 0 Å². The molecule has 0 fully saturated rings. The topological polar surface area (TPSA) is 55.1 Å². The Morgan fingerprint density at radius 1 is 1.30 bits per heavy atom. The number of halogens is 2. The first-order valence-electron chi connectivity index (χ1n) is 6.08. The third kappa shape index (κ3) is 3.36. The Labute approximate surface area is 125 Å². The molecule has 3 nitrogen and oxygen atoms in total. The van der Waals surface area contributed by atoms with E-state index in [0.717, 1.165) is 5.56 Å². The van der Waals surface area contributed by atoms with Crippen molar-refractivity contribution in [1.29, 1.82) is 0 Å². The highest BCUT2D eigenvalue weighted by Crippen LogP contribution is 2.25. The zero-order valence-electron chi connectivity index (χ0n) is 10.9. The maximum absolute atomic E-state index is 13.2. The van der Waals surface area contributed by atoms with Crippen LogP contribution in [0.3, 0.4) is 0 Å². The minimum absolute atomic E-state index is 0.220. The highest BCUT2D eigenvalue weighted by atomic mass is 79.9. The van der Waals surface area contributed by atoms with Crippen LogP contribution in [0.1, 0.15) is 18.4 Å². The lowest BCUT2D eigenvalue weighted by Crippen LogP contribution is -2.19. The predicted octanol–water partition coefficient (Wildman–Crippen LogP) is 3.91. The number of nitrogen functional groups attached to an aromatic ring is 1. The Bertz CT molecular complexity index is 646. The van der Waals surface area contributed by atoms with Crippen LogP contribution in [0.25, 0.3) is 0 Å². The van der Waals surface area contributed by atoms with Crippen molar-refractivity contribution in [2.75, 3.05) is 11.1 Å². The first-order chi connectivity index (χ1) is 9.47. The number of nitrogens with one attached hydrogen (secondary N) is 1. The molecular formula is C15H14BrFN2O. The summed E-state index contributed by atoms with van der Waals surface area (Å²) < 4.78 is 13.8. The van der Waals surface area contributed by atoms with Crippen molar-refractivity contribution >= 4 is 33.2 Å². The number of anilines is 2. The van der Waals surface area contributed by atoms with Crippen LogP contribution in [-0.4, -0.2) is 5.91 Å². The second-order valence-corrected chi connectivity index (χ2v) is 5.36. The van der Waals surface area contributed by atoms with Gasteiger partial charge in [0, 0.05) is 10.2 Å². The summed E-state index contributed by atoms with van der Waals surface area (Å²) in [7, 11) is 0. The summed E-state index contributed by atoms with van der Waals surface area (Å²) >= 11 is 3.27. The first-order valence-corrected chi connectivity index (χ1v) is 6.88. The van der Waals surface area contributed by atoms with Crippen LogP contribution in [-0.2, 0) is 4.79 Å². The van der Waals surface area contributed by atoms with E-state index < -0.39 is 5.82 Å². The van der Waals surface area contributed by atoms with Crippen molar-refractivity contribution in [2.45, 2.75) is 12.8 Å². The Morgan fingerprint density at radius 2 is 2.05 bits per heavy atom. The monoisotopic (exact) mass is 336 g/mol. The third-order valence-electron chi connectivity index (χ3n) is 2.99. The van der Waals surface area contributed by atoms with Gasteiger partial charge in [-0.2, -0.15) is 0 Å². The van der Waals surface area contributed by atoms with Crippen molar-refractivity contribution in [3.63, 3.8) is 0 Å². The van der Waals surface area contributed by atoms with Crippen LogP contribution < -0.4 is 11.1 Å². The van der Waals surface area contributed by atoms with Gasteiger partial charge in [0.25, 0.3) is 0 Å². The predicted molar refractivity (Wildman–Crippen MR) is 82.0 cm³/mol. The van der Waals surface area contributed by atoms with Crippen molar-refractivity contribution in [3.8, 4) is 0 Å².